The summed E-state index contributed by atoms with van der Waals surface area (Å²) in [4.78, 5) is 15.3. The van der Waals surface area contributed by atoms with Crippen molar-refractivity contribution in [2.75, 3.05) is 0 Å². The summed E-state index contributed by atoms with van der Waals surface area (Å²) in [6.07, 6.45) is 0. The number of fused-ring (bicyclic) bond motifs is 6. The topological polar surface area (TPSA) is 65.0 Å². The van der Waals surface area contributed by atoms with Gasteiger partial charge in [0.05, 0.1) is 0 Å². The van der Waals surface area contributed by atoms with E-state index in [4.69, 9.17) is 23.8 Å². The molecule has 0 N–H and O–H groups in total. The quantitative estimate of drug-likeness (QED) is 0.171. The Labute approximate surface area is 322 Å². The molecule has 8 aromatic carbocycles. The van der Waals surface area contributed by atoms with Gasteiger partial charge >= 0.3 is 0 Å². The lowest BCUT2D eigenvalue weighted by atomic mass is 9.94. The van der Waals surface area contributed by atoms with Gasteiger partial charge in [-0.25, -0.2) is 15.0 Å². The van der Waals surface area contributed by atoms with Crippen LogP contribution in [0.2, 0.25) is 0 Å². The zero-order valence-electron chi connectivity index (χ0n) is 30.1. The minimum Gasteiger partial charge on any atom is -0.456 e. The number of nitrogens with zero attached hydrogens (tertiary/aromatic N) is 3. The first-order chi connectivity index (χ1) is 27.7. The Morgan fingerprint density at radius 3 is 1.32 bits per heavy atom. The van der Waals surface area contributed by atoms with Crippen molar-refractivity contribution in [1.82, 2.24) is 15.0 Å². The fourth-order valence-electron chi connectivity index (χ4n) is 7.93. The van der Waals surface area contributed by atoms with Gasteiger partial charge in [-0.05, 0) is 63.7 Å². The van der Waals surface area contributed by atoms with Gasteiger partial charge in [0.15, 0.2) is 17.5 Å². The smallest absolute Gasteiger partial charge is 0.164 e. The fourth-order valence-corrected chi connectivity index (χ4v) is 7.93. The molecule has 3 heterocycles. The number of rotatable bonds is 6. The Hall–Kier alpha value is -7.63. The van der Waals surface area contributed by atoms with Gasteiger partial charge in [-0.2, -0.15) is 0 Å². The number of furan rings is 2. The van der Waals surface area contributed by atoms with Crippen LogP contribution < -0.4 is 0 Å². The molecule has 0 atom stereocenters. The molecule has 0 saturated heterocycles. The Morgan fingerprint density at radius 2 is 0.696 bits per heavy atom. The van der Waals surface area contributed by atoms with E-state index in [9.17, 15) is 0 Å². The van der Waals surface area contributed by atoms with Gasteiger partial charge in [-0.3, -0.25) is 0 Å². The molecule has 5 nitrogen and oxygen atoms in total. The van der Waals surface area contributed by atoms with Crippen LogP contribution in [-0.4, -0.2) is 15.0 Å². The Morgan fingerprint density at radius 1 is 0.268 bits per heavy atom. The zero-order valence-corrected chi connectivity index (χ0v) is 30.1. The van der Waals surface area contributed by atoms with Crippen LogP contribution >= 0.6 is 0 Å². The van der Waals surface area contributed by atoms with Crippen molar-refractivity contribution < 1.29 is 8.83 Å². The molecule has 0 unspecified atom stereocenters. The lowest BCUT2D eigenvalue weighted by Crippen LogP contribution is -2.00. The minimum absolute atomic E-state index is 0.579. The molecule has 56 heavy (non-hydrogen) atoms. The first kappa shape index (κ1) is 31.9. The second kappa shape index (κ2) is 13.0. The second-order valence-electron chi connectivity index (χ2n) is 13.9. The highest BCUT2D eigenvalue weighted by molar-refractivity contribution is 6.19. The Balaban J connectivity index is 1.10. The number of hydrogen-bond donors (Lipinski definition) is 0. The first-order valence-corrected chi connectivity index (χ1v) is 18.7. The second-order valence-corrected chi connectivity index (χ2v) is 13.9. The van der Waals surface area contributed by atoms with E-state index in [1.165, 1.54) is 0 Å². The van der Waals surface area contributed by atoms with Gasteiger partial charge in [0.2, 0.25) is 0 Å². The van der Waals surface area contributed by atoms with Crippen LogP contribution in [0.5, 0.6) is 0 Å². The van der Waals surface area contributed by atoms with E-state index in [1.807, 2.05) is 54.6 Å². The summed E-state index contributed by atoms with van der Waals surface area (Å²) in [6, 6.07) is 64.5. The molecule has 0 radical (unpaired) electrons. The van der Waals surface area contributed by atoms with E-state index < -0.39 is 0 Å². The molecule has 0 aliphatic heterocycles. The van der Waals surface area contributed by atoms with E-state index in [1.54, 1.807) is 0 Å². The minimum atomic E-state index is 0.579. The first-order valence-electron chi connectivity index (χ1n) is 18.7. The fraction of sp³-hybridized carbons (Fsp3) is 0. The van der Waals surface area contributed by atoms with E-state index in [0.29, 0.717) is 17.5 Å². The van der Waals surface area contributed by atoms with Crippen LogP contribution in [0, 0.1) is 0 Å². The standard InChI is InChI=1S/C51H31N3O2/c1-4-13-32(14-5-1)33-25-27-36(28-26-33)50-52-49(35-17-8-3-9-18-35)53-51(54-50)40-21-12-22-43-46(40)41-31-37(29-30-42(41)55-43)39-20-11-24-45-48(39)47-38(19-10-23-44(47)56-45)34-15-6-2-7-16-34/h1-31H. The molecule has 0 fully saturated rings. The molecule has 0 aliphatic rings. The van der Waals surface area contributed by atoms with Gasteiger partial charge in [0.25, 0.3) is 0 Å². The average Bonchev–Trinajstić information content (AvgIpc) is 3.86. The molecule has 0 bridgehead atoms. The van der Waals surface area contributed by atoms with Gasteiger partial charge in [0.1, 0.15) is 22.3 Å². The Kier molecular flexibility index (Phi) is 7.42. The Bertz CT molecular complexity index is 3220. The highest BCUT2D eigenvalue weighted by Crippen LogP contribution is 2.44. The predicted molar refractivity (Wildman–Crippen MR) is 227 cm³/mol. The summed E-state index contributed by atoms with van der Waals surface area (Å²) in [7, 11) is 0. The van der Waals surface area contributed by atoms with Crippen LogP contribution in [0.4, 0.5) is 0 Å². The SMILES string of the molecule is c1ccc(-c2ccc(-c3nc(-c4ccccc4)nc(-c4cccc5oc6ccc(-c7cccc8oc9cccc(-c%10ccccc%10)c9c78)cc6c45)n3)cc2)cc1. The van der Waals surface area contributed by atoms with Crippen molar-refractivity contribution >= 4 is 43.9 Å². The maximum atomic E-state index is 6.52. The normalized spacial score (nSPS) is 11.6. The van der Waals surface area contributed by atoms with Gasteiger partial charge in [-0.15, -0.1) is 0 Å². The molecule has 262 valence electrons. The van der Waals surface area contributed by atoms with Crippen molar-refractivity contribution in [3.8, 4) is 67.5 Å². The van der Waals surface area contributed by atoms with Crippen LogP contribution in [0.3, 0.4) is 0 Å². The lowest BCUT2D eigenvalue weighted by molar-refractivity contribution is 0.669. The number of aromatic nitrogens is 3. The number of hydrogen-bond acceptors (Lipinski definition) is 5. The molecule has 0 saturated carbocycles. The molecule has 11 rings (SSSR count). The van der Waals surface area contributed by atoms with E-state index >= 15 is 0 Å². The molecular weight excluding hydrogens is 687 g/mol. The van der Waals surface area contributed by atoms with Crippen molar-refractivity contribution in [1.29, 1.82) is 0 Å². The van der Waals surface area contributed by atoms with Crippen molar-refractivity contribution in [2.45, 2.75) is 0 Å². The van der Waals surface area contributed by atoms with Crippen molar-refractivity contribution in [2.24, 2.45) is 0 Å². The summed E-state index contributed by atoms with van der Waals surface area (Å²) in [5, 5.41) is 4.12. The van der Waals surface area contributed by atoms with E-state index in [-0.39, 0.29) is 0 Å². The monoisotopic (exact) mass is 717 g/mol. The molecule has 5 heteroatoms. The summed E-state index contributed by atoms with van der Waals surface area (Å²) < 4.78 is 13.0. The van der Waals surface area contributed by atoms with Gasteiger partial charge in [-0.1, -0.05) is 158 Å². The summed E-state index contributed by atoms with van der Waals surface area (Å²) in [5.74, 6) is 1.79. The van der Waals surface area contributed by atoms with Gasteiger partial charge in [0, 0.05) is 38.2 Å². The maximum absolute atomic E-state index is 6.52. The van der Waals surface area contributed by atoms with Crippen molar-refractivity contribution in [3.05, 3.63) is 188 Å². The van der Waals surface area contributed by atoms with E-state index in [2.05, 4.69) is 133 Å². The summed E-state index contributed by atoms with van der Waals surface area (Å²) in [5.41, 5.74) is 12.7. The largest absolute Gasteiger partial charge is 0.456 e. The molecular formula is C51H31N3O2. The van der Waals surface area contributed by atoms with Crippen LogP contribution in [0.1, 0.15) is 0 Å². The number of benzene rings is 8. The van der Waals surface area contributed by atoms with E-state index in [0.717, 1.165) is 93.9 Å². The third-order valence-corrected chi connectivity index (χ3v) is 10.6. The maximum Gasteiger partial charge on any atom is 0.164 e. The van der Waals surface area contributed by atoms with Gasteiger partial charge < -0.3 is 8.83 Å². The molecule has 0 spiro atoms. The summed E-state index contributed by atoms with van der Waals surface area (Å²) in [6.45, 7) is 0. The third kappa shape index (κ3) is 5.37. The molecule has 11 aromatic rings. The highest BCUT2D eigenvalue weighted by atomic mass is 16.3. The molecule has 0 aliphatic carbocycles. The third-order valence-electron chi connectivity index (χ3n) is 10.6. The summed E-state index contributed by atoms with van der Waals surface area (Å²) >= 11 is 0. The molecule has 3 aromatic heterocycles. The van der Waals surface area contributed by atoms with Crippen LogP contribution in [0.25, 0.3) is 111 Å². The average molecular weight is 718 g/mol. The molecule has 0 amide bonds. The van der Waals surface area contributed by atoms with Crippen molar-refractivity contribution in [3.63, 3.8) is 0 Å². The zero-order chi connectivity index (χ0) is 37.0. The van der Waals surface area contributed by atoms with Crippen LogP contribution in [-0.2, 0) is 0 Å². The lowest BCUT2D eigenvalue weighted by Gasteiger charge is -2.10. The highest BCUT2D eigenvalue weighted by Gasteiger charge is 2.20. The van der Waals surface area contributed by atoms with Crippen LogP contribution in [0.15, 0.2) is 197 Å². The predicted octanol–water partition coefficient (Wildman–Crippen LogP) is 13.7.